The Labute approximate surface area is 128 Å². The van der Waals surface area contributed by atoms with Crippen molar-refractivity contribution < 1.29 is 4.52 Å². The van der Waals surface area contributed by atoms with Gasteiger partial charge in [-0.1, -0.05) is 5.16 Å². The molecule has 0 amide bonds. The molecular weight excluding hydrogens is 278 g/mol. The Morgan fingerprint density at radius 3 is 2.86 bits per heavy atom. The molecule has 0 atom stereocenters. The van der Waals surface area contributed by atoms with Crippen molar-refractivity contribution in [2.75, 3.05) is 6.54 Å². The van der Waals surface area contributed by atoms with Gasteiger partial charge in [-0.2, -0.15) is 5.10 Å². The van der Waals surface area contributed by atoms with E-state index in [-0.39, 0.29) is 0 Å². The van der Waals surface area contributed by atoms with Crippen LogP contribution in [-0.4, -0.2) is 30.9 Å². The summed E-state index contributed by atoms with van der Waals surface area (Å²) in [6, 6.07) is 4.06. The van der Waals surface area contributed by atoms with Crippen LogP contribution in [0.5, 0.6) is 0 Å². The van der Waals surface area contributed by atoms with Crippen LogP contribution in [0.3, 0.4) is 0 Å². The minimum absolute atomic E-state index is 0.770. The van der Waals surface area contributed by atoms with Gasteiger partial charge >= 0.3 is 0 Å². The molecule has 0 aromatic carbocycles. The van der Waals surface area contributed by atoms with E-state index in [1.165, 1.54) is 11.1 Å². The molecule has 0 N–H and O–H groups in total. The first-order valence-electron chi connectivity index (χ1n) is 7.55. The van der Waals surface area contributed by atoms with Crippen LogP contribution in [-0.2, 0) is 33.1 Å². The van der Waals surface area contributed by atoms with Crippen LogP contribution in [0.15, 0.2) is 41.4 Å². The maximum atomic E-state index is 5.53. The lowest BCUT2D eigenvalue weighted by Gasteiger charge is -2.25. The van der Waals surface area contributed by atoms with Crippen LogP contribution in [0.25, 0.3) is 0 Å². The predicted octanol–water partition coefficient (Wildman–Crippen LogP) is 1.82. The highest BCUT2D eigenvalue weighted by Crippen LogP contribution is 2.24. The third-order valence-corrected chi connectivity index (χ3v) is 4.15. The van der Waals surface area contributed by atoms with Gasteiger partial charge in [0.2, 0.25) is 0 Å². The second kappa shape index (κ2) is 5.46. The lowest BCUT2D eigenvalue weighted by molar-refractivity contribution is 0.228. The predicted molar refractivity (Wildman–Crippen MR) is 81.1 cm³/mol. The standard InChI is InChI=1S/C16H19N5O/c1-19-9-13(8-17-19)10-21-7-4-16-14(11-21)15(18-22-16)12-20-5-2-3-6-20/h2-3,5-6,8-9H,4,7,10-12H2,1H3. The number of aromatic nitrogens is 4. The van der Waals surface area contributed by atoms with Crippen LogP contribution in [0.1, 0.15) is 22.6 Å². The molecule has 6 nitrogen and oxygen atoms in total. The summed E-state index contributed by atoms with van der Waals surface area (Å²) in [7, 11) is 1.95. The van der Waals surface area contributed by atoms with E-state index in [1.807, 2.05) is 30.1 Å². The van der Waals surface area contributed by atoms with Crippen molar-refractivity contribution in [1.82, 2.24) is 24.4 Å². The van der Waals surface area contributed by atoms with Crippen LogP contribution in [0, 0.1) is 0 Å². The number of hydrogen-bond donors (Lipinski definition) is 0. The van der Waals surface area contributed by atoms with Crippen molar-refractivity contribution in [2.45, 2.75) is 26.1 Å². The molecule has 0 unspecified atom stereocenters. The van der Waals surface area contributed by atoms with E-state index in [0.717, 1.165) is 44.1 Å². The van der Waals surface area contributed by atoms with Crippen molar-refractivity contribution in [2.24, 2.45) is 7.05 Å². The van der Waals surface area contributed by atoms with E-state index in [4.69, 9.17) is 4.52 Å². The molecule has 0 spiro atoms. The molecule has 4 rings (SSSR count). The summed E-state index contributed by atoms with van der Waals surface area (Å²) >= 11 is 0. The van der Waals surface area contributed by atoms with E-state index in [9.17, 15) is 0 Å². The number of fused-ring (bicyclic) bond motifs is 1. The number of nitrogens with zero attached hydrogens (tertiary/aromatic N) is 5. The summed E-state index contributed by atoms with van der Waals surface area (Å²) in [6.45, 7) is 3.58. The van der Waals surface area contributed by atoms with Gasteiger partial charge in [0.25, 0.3) is 0 Å². The molecule has 3 aromatic rings. The van der Waals surface area contributed by atoms with E-state index in [0.29, 0.717) is 0 Å². The summed E-state index contributed by atoms with van der Waals surface area (Å²) in [5.74, 6) is 1.05. The Bertz CT molecular complexity index is 755. The highest BCUT2D eigenvalue weighted by atomic mass is 16.5. The summed E-state index contributed by atoms with van der Waals surface area (Å²) in [4.78, 5) is 2.43. The molecule has 0 radical (unpaired) electrons. The molecule has 6 heteroatoms. The quantitative estimate of drug-likeness (QED) is 0.737. The minimum atomic E-state index is 0.770. The molecule has 1 aliphatic rings. The zero-order chi connectivity index (χ0) is 14.9. The molecule has 22 heavy (non-hydrogen) atoms. The highest BCUT2D eigenvalue weighted by molar-refractivity contribution is 5.26. The zero-order valence-corrected chi connectivity index (χ0v) is 12.6. The van der Waals surface area contributed by atoms with Gasteiger partial charge in [0, 0.05) is 62.8 Å². The van der Waals surface area contributed by atoms with Gasteiger partial charge in [0.15, 0.2) is 0 Å². The van der Waals surface area contributed by atoms with Crippen molar-refractivity contribution in [3.8, 4) is 0 Å². The summed E-state index contributed by atoms with van der Waals surface area (Å²) in [6.07, 6.45) is 9.04. The molecule has 1 aliphatic heterocycles. The van der Waals surface area contributed by atoms with E-state index in [1.54, 1.807) is 0 Å². The summed E-state index contributed by atoms with van der Waals surface area (Å²) in [5.41, 5.74) is 3.54. The van der Waals surface area contributed by atoms with Crippen molar-refractivity contribution >= 4 is 0 Å². The molecular formula is C16H19N5O. The SMILES string of the molecule is Cn1cc(CN2CCc3onc(Cn4cccc4)c3C2)cn1. The van der Waals surface area contributed by atoms with E-state index in [2.05, 4.69) is 38.3 Å². The molecule has 0 aliphatic carbocycles. The Morgan fingerprint density at radius 2 is 2.09 bits per heavy atom. The monoisotopic (exact) mass is 297 g/mol. The van der Waals surface area contributed by atoms with E-state index < -0.39 is 0 Å². The maximum Gasteiger partial charge on any atom is 0.142 e. The van der Waals surface area contributed by atoms with Gasteiger partial charge in [-0.3, -0.25) is 9.58 Å². The molecule has 0 bridgehead atoms. The zero-order valence-electron chi connectivity index (χ0n) is 12.6. The minimum Gasteiger partial charge on any atom is -0.361 e. The number of aryl methyl sites for hydroxylation is 1. The largest absolute Gasteiger partial charge is 0.361 e. The molecule has 0 fully saturated rings. The summed E-state index contributed by atoms with van der Waals surface area (Å²) in [5, 5.41) is 8.52. The van der Waals surface area contributed by atoms with Crippen LogP contribution < -0.4 is 0 Å². The van der Waals surface area contributed by atoms with E-state index >= 15 is 0 Å². The van der Waals surface area contributed by atoms with Crippen LogP contribution >= 0.6 is 0 Å². The van der Waals surface area contributed by atoms with Crippen molar-refractivity contribution in [3.63, 3.8) is 0 Å². The van der Waals surface area contributed by atoms with Crippen molar-refractivity contribution in [1.29, 1.82) is 0 Å². The molecule has 114 valence electrons. The second-order valence-electron chi connectivity index (χ2n) is 5.87. The Balaban J connectivity index is 1.50. The topological polar surface area (TPSA) is 52.0 Å². The van der Waals surface area contributed by atoms with Gasteiger partial charge < -0.3 is 9.09 Å². The van der Waals surface area contributed by atoms with Crippen LogP contribution in [0.4, 0.5) is 0 Å². The van der Waals surface area contributed by atoms with Gasteiger partial charge in [0.1, 0.15) is 11.5 Å². The third-order valence-electron chi connectivity index (χ3n) is 4.15. The maximum absolute atomic E-state index is 5.53. The fraction of sp³-hybridized carbons (Fsp3) is 0.375. The Morgan fingerprint density at radius 1 is 1.23 bits per heavy atom. The van der Waals surface area contributed by atoms with Gasteiger partial charge in [-0.05, 0) is 12.1 Å². The molecule has 0 saturated heterocycles. The van der Waals surface area contributed by atoms with Gasteiger partial charge in [-0.25, -0.2) is 0 Å². The molecule has 0 saturated carbocycles. The van der Waals surface area contributed by atoms with Crippen LogP contribution in [0.2, 0.25) is 0 Å². The highest BCUT2D eigenvalue weighted by Gasteiger charge is 2.24. The second-order valence-corrected chi connectivity index (χ2v) is 5.87. The fourth-order valence-electron chi connectivity index (χ4n) is 3.04. The third kappa shape index (κ3) is 2.57. The lowest BCUT2D eigenvalue weighted by atomic mass is 10.1. The first-order chi connectivity index (χ1) is 10.8. The van der Waals surface area contributed by atoms with Crippen molar-refractivity contribution in [3.05, 3.63) is 59.5 Å². The molecule has 3 aromatic heterocycles. The summed E-state index contributed by atoms with van der Waals surface area (Å²) < 4.78 is 9.50. The van der Waals surface area contributed by atoms with Gasteiger partial charge in [0.05, 0.1) is 12.7 Å². The number of hydrogen-bond acceptors (Lipinski definition) is 4. The Hall–Kier alpha value is -2.34. The molecule has 4 heterocycles. The average Bonchev–Trinajstić information content (AvgIpc) is 3.23. The first kappa shape index (κ1) is 13.3. The lowest BCUT2D eigenvalue weighted by Crippen LogP contribution is -2.30. The normalized spacial score (nSPS) is 15.1. The fourth-order valence-corrected chi connectivity index (χ4v) is 3.04. The van der Waals surface area contributed by atoms with Gasteiger partial charge in [-0.15, -0.1) is 0 Å². The smallest absolute Gasteiger partial charge is 0.142 e. The Kier molecular flexibility index (Phi) is 3.31. The number of rotatable bonds is 4. The average molecular weight is 297 g/mol. The first-order valence-corrected chi connectivity index (χ1v) is 7.55.